The van der Waals surface area contributed by atoms with Crippen LogP contribution in [0.3, 0.4) is 0 Å². The summed E-state index contributed by atoms with van der Waals surface area (Å²) in [6.45, 7) is 3.74. The van der Waals surface area contributed by atoms with Gasteiger partial charge in [0.25, 0.3) is 5.91 Å². The predicted molar refractivity (Wildman–Crippen MR) is 130 cm³/mol. The fourth-order valence-corrected chi connectivity index (χ4v) is 5.82. The van der Waals surface area contributed by atoms with Gasteiger partial charge < -0.3 is 5.32 Å². The lowest BCUT2D eigenvalue weighted by atomic mass is 9.93. The van der Waals surface area contributed by atoms with Crippen LogP contribution in [0.2, 0.25) is 0 Å². The topological polar surface area (TPSA) is 58.1 Å². The number of benzene rings is 2. The molecule has 1 amide bonds. The Hall–Kier alpha value is -2.87. The number of fused-ring (bicyclic) bond motifs is 1. The molecule has 0 saturated carbocycles. The van der Waals surface area contributed by atoms with Crippen molar-refractivity contribution in [2.24, 2.45) is 0 Å². The number of amides is 1. The molecule has 1 N–H and O–H groups in total. The molecule has 2 aromatic heterocycles. The van der Waals surface area contributed by atoms with Gasteiger partial charge in [-0.1, -0.05) is 60.7 Å². The molecule has 0 saturated heterocycles. The van der Waals surface area contributed by atoms with Crippen molar-refractivity contribution in [2.45, 2.75) is 32.4 Å². The Labute approximate surface area is 195 Å². The molecule has 5 nitrogen and oxygen atoms in total. The van der Waals surface area contributed by atoms with Crippen LogP contribution in [-0.4, -0.2) is 27.5 Å². The zero-order chi connectivity index (χ0) is 21.9. The van der Waals surface area contributed by atoms with Crippen molar-refractivity contribution in [1.82, 2.24) is 15.1 Å². The molecule has 1 aliphatic heterocycles. The molecule has 0 radical (unpaired) electrons. The number of hydrogen-bond acceptors (Lipinski definition) is 6. The minimum atomic E-state index is -0.212. The Bertz CT molecular complexity index is 1200. The van der Waals surface area contributed by atoms with Gasteiger partial charge in [0.2, 0.25) is 5.01 Å². The number of anilines is 1. The third-order valence-corrected chi connectivity index (χ3v) is 7.70. The molecular weight excluding hydrogens is 436 g/mol. The van der Waals surface area contributed by atoms with Gasteiger partial charge in [0.15, 0.2) is 0 Å². The van der Waals surface area contributed by atoms with Crippen LogP contribution < -0.4 is 5.32 Å². The van der Waals surface area contributed by atoms with Gasteiger partial charge in [-0.15, -0.1) is 21.5 Å². The number of aryl methyl sites for hydroxylation is 1. The first kappa shape index (κ1) is 21.0. The number of carbonyl (C=O) groups is 1. The molecule has 0 aliphatic carbocycles. The molecule has 0 fully saturated rings. The molecule has 0 spiro atoms. The Morgan fingerprint density at radius 2 is 1.91 bits per heavy atom. The zero-order valence-electron chi connectivity index (χ0n) is 17.8. The molecule has 3 heterocycles. The first-order chi connectivity index (χ1) is 15.7. The normalized spacial score (nSPS) is 16.0. The van der Waals surface area contributed by atoms with Gasteiger partial charge in [0.1, 0.15) is 5.01 Å². The summed E-state index contributed by atoms with van der Waals surface area (Å²) >= 11 is 3.21. The second kappa shape index (κ2) is 9.32. The van der Waals surface area contributed by atoms with Crippen LogP contribution in [0.25, 0.3) is 0 Å². The van der Waals surface area contributed by atoms with Crippen LogP contribution in [0.15, 0.2) is 66.0 Å². The summed E-state index contributed by atoms with van der Waals surface area (Å²) in [4.78, 5) is 16.6. The number of hydrogen-bond donors (Lipinski definition) is 1. The summed E-state index contributed by atoms with van der Waals surface area (Å²) in [6, 6.07) is 21.0. The van der Waals surface area contributed by atoms with E-state index in [2.05, 4.69) is 69.1 Å². The average molecular weight is 461 g/mol. The van der Waals surface area contributed by atoms with E-state index in [1.54, 1.807) is 0 Å². The van der Waals surface area contributed by atoms with E-state index < -0.39 is 0 Å². The molecule has 2 aromatic carbocycles. The van der Waals surface area contributed by atoms with Gasteiger partial charge in [0, 0.05) is 17.1 Å². The summed E-state index contributed by atoms with van der Waals surface area (Å²) in [5.41, 5.74) is 4.67. The molecule has 162 valence electrons. The maximum absolute atomic E-state index is 12.7. The number of nitrogens with one attached hydrogen (secondary N) is 1. The van der Waals surface area contributed by atoms with Crippen molar-refractivity contribution in [3.8, 4) is 0 Å². The van der Waals surface area contributed by atoms with Gasteiger partial charge in [-0.3, -0.25) is 9.69 Å². The second-order valence-electron chi connectivity index (χ2n) is 7.84. The van der Waals surface area contributed by atoms with Crippen molar-refractivity contribution < 1.29 is 4.79 Å². The lowest BCUT2D eigenvalue weighted by Crippen LogP contribution is -2.34. The smallest absolute Gasteiger partial charge is 0.286 e. The molecule has 32 heavy (non-hydrogen) atoms. The van der Waals surface area contributed by atoms with Crippen molar-refractivity contribution in [3.05, 3.63) is 97.6 Å². The fourth-order valence-electron chi connectivity index (χ4n) is 4.16. The first-order valence-electron chi connectivity index (χ1n) is 10.8. The highest BCUT2D eigenvalue weighted by molar-refractivity contribution is 7.13. The SMILES string of the molecule is CCc1ccc(NC(=O)c2nnc(CN3CCc4sccc4C3c3ccccc3)s2)cc1. The molecule has 7 heteroatoms. The third-order valence-electron chi connectivity index (χ3n) is 5.80. The fraction of sp³-hybridized carbons (Fsp3) is 0.240. The standard InChI is InChI=1S/C25H24N4OS2/c1-2-17-8-10-19(11-9-17)26-24(30)25-28-27-22(32-25)16-29-14-12-21-20(13-15-31-21)23(29)18-6-4-3-5-7-18/h3-11,13,15,23H,2,12,14,16H2,1H3,(H,26,30). The monoisotopic (exact) mass is 460 g/mol. The number of nitrogens with zero attached hydrogens (tertiary/aromatic N) is 3. The van der Waals surface area contributed by atoms with E-state index in [-0.39, 0.29) is 11.9 Å². The van der Waals surface area contributed by atoms with Crippen molar-refractivity contribution in [3.63, 3.8) is 0 Å². The largest absolute Gasteiger partial charge is 0.320 e. The second-order valence-corrected chi connectivity index (χ2v) is 9.90. The summed E-state index contributed by atoms with van der Waals surface area (Å²) in [6.07, 6.45) is 2.01. The Morgan fingerprint density at radius 1 is 1.09 bits per heavy atom. The summed E-state index contributed by atoms with van der Waals surface area (Å²) in [5, 5.41) is 14.9. The summed E-state index contributed by atoms with van der Waals surface area (Å²) in [7, 11) is 0. The maximum Gasteiger partial charge on any atom is 0.286 e. The van der Waals surface area contributed by atoms with E-state index >= 15 is 0 Å². The van der Waals surface area contributed by atoms with Gasteiger partial charge in [-0.25, -0.2) is 0 Å². The van der Waals surface area contributed by atoms with Crippen LogP contribution in [0, 0.1) is 0 Å². The minimum absolute atomic E-state index is 0.199. The average Bonchev–Trinajstić information content (AvgIpc) is 3.50. The Kier molecular flexibility index (Phi) is 6.12. The molecule has 1 aliphatic rings. The molecular formula is C25H24N4OS2. The summed E-state index contributed by atoms with van der Waals surface area (Å²) < 4.78 is 0. The maximum atomic E-state index is 12.7. The van der Waals surface area contributed by atoms with Crippen molar-refractivity contribution >= 4 is 34.3 Å². The van der Waals surface area contributed by atoms with E-state index in [0.29, 0.717) is 11.6 Å². The van der Waals surface area contributed by atoms with E-state index in [4.69, 9.17) is 0 Å². The highest BCUT2D eigenvalue weighted by atomic mass is 32.1. The molecule has 4 aromatic rings. The Balaban J connectivity index is 1.32. The lowest BCUT2D eigenvalue weighted by Gasteiger charge is -2.35. The van der Waals surface area contributed by atoms with E-state index in [0.717, 1.165) is 30.1 Å². The molecule has 5 rings (SSSR count). The van der Waals surface area contributed by atoms with Crippen LogP contribution in [0.5, 0.6) is 0 Å². The predicted octanol–water partition coefficient (Wildman–Crippen LogP) is 5.56. The number of carbonyl (C=O) groups excluding carboxylic acids is 1. The van der Waals surface area contributed by atoms with Crippen molar-refractivity contribution in [2.75, 3.05) is 11.9 Å². The quantitative estimate of drug-likeness (QED) is 0.409. The van der Waals surface area contributed by atoms with Gasteiger partial charge in [0.05, 0.1) is 12.6 Å². The van der Waals surface area contributed by atoms with Crippen LogP contribution in [-0.2, 0) is 19.4 Å². The van der Waals surface area contributed by atoms with Gasteiger partial charge >= 0.3 is 0 Å². The Morgan fingerprint density at radius 3 is 2.69 bits per heavy atom. The zero-order valence-corrected chi connectivity index (χ0v) is 19.5. The van der Waals surface area contributed by atoms with Gasteiger partial charge in [-0.2, -0.15) is 0 Å². The van der Waals surface area contributed by atoms with Crippen LogP contribution in [0.4, 0.5) is 5.69 Å². The number of rotatable bonds is 6. The van der Waals surface area contributed by atoms with Gasteiger partial charge in [-0.05, 0) is 53.1 Å². The molecule has 1 unspecified atom stereocenters. The number of aromatic nitrogens is 2. The highest BCUT2D eigenvalue weighted by Crippen LogP contribution is 2.38. The minimum Gasteiger partial charge on any atom is -0.320 e. The van der Waals surface area contributed by atoms with Crippen LogP contribution in [0.1, 0.15) is 49.3 Å². The molecule has 0 bridgehead atoms. The van der Waals surface area contributed by atoms with E-state index in [9.17, 15) is 4.79 Å². The third kappa shape index (κ3) is 4.37. The number of thiophene rings is 1. The van der Waals surface area contributed by atoms with Crippen molar-refractivity contribution in [1.29, 1.82) is 0 Å². The molecule has 1 atom stereocenters. The van der Waals surface area contributed by atoms with E-state index in [1.807, 2.05) is 35.6 Å². The van der Waals surface area contributed by atoms with Crippen LogP contribution >= 0.6 is 22.7 Å². The summed E-state index contributed by atoms with van der Waals surface area (Å²) in [5.74, 6) is -0.212. The van der Waals surface area contributed by atoms with E-state index in [1.165, 1.54) is 32.9 Å². The highest BCUT2D eigenvalue weighted by Gasteiger charge is 2.30. The first-order valence-corrected chi connectivity index (χ1v) is 12.5. The lowest BCUT2D eigenvalue weighted by molar-refractivity contribution is 0.102.